The Bertz CT molecular complexity index is 1140. The smallest absolute Gasteiger partial charge is 0.328 e. The maximum absolute atomic E-state index is 13.4. The number of methoxy groups -OCH3 is 1. The molecule has 0 radical (unpaired) electrons. The summed E-state index contributed by atoms with van der Waals surface area (Å²) >= 11 is 0. The molecule has 30 heavy (non-hydrogen) atoms. The molecule has 2 atom stereocenters. The molecule has 0 spiro atoms. The normalized spacial score (nSPS) is 20.6. The number of rotatable bonds is 5. The van der Waals surface area contributed by atoms with Crippen LogP contribution in [0.4, 0.5) is 4.79 Å². The largest absolute Gasteiger partial charge is 0.496 e. The van der Waals surface area contributed by atoms with Crippen molar-refractivity contribution in [1.29, 1.82) is 0 Å². The van der Waals surface area contributed by atoms with Gasteiger partial charge in [0.2, 0.25) is 0 Å². The number of nitrogens with one attached hydrogen (secondary N) is 1. The molecule has 5 rings (SSSR count). The SMILES string of the molecule is CCCCN1C(=O)[C@H]2Cc3c([nH]c4ccccc34)[C@@H](c3ccccc3OC)N2C1=O. The lowest BCUT2D eigenvalue weighted by atomic mass is 9.88. The third kappa shape index (κ3) is 2.63. The van der Waals surface area contributed by atoms with Crippen LogP contribution in [-0.2, 0) is 11.2 Å². The maximum atomic E-state index is 13.4. The molecule has 6 nitrogen and oxygen atoms in total. The number of hydrogen-bond donors (Lipinski definition) is 1. The highest BCUT2D eigenvalue weighted by Crippen LogP contribution is 2.46. The van der Waals surface area contributed by atoms with Gasteiger partial charge >= 0.3 is 6.03 Å². The van der Waals surface area contributed by atoms with E-state index in [2.05, 4.69) is 18.0 Å². The first-order valence-corrected chi connectivity index (χ1v) is 10.5. The van der Waals surface area contributed by atoms with E-state index < -0.39 is 12.1 Å². The third-order valence-electron chi connectivity index (χ3n) is 6.30. The van der Waals surface area contributed by atoms with Crippen LogP contribution in [0, 0.1) is 0 Å². The number of H-pyrrole nitrogens is 1. The molecule has 2 aromatic carbocycles. The lowest BCUT2D eigenvalue weighted by Crippen LogP contribution is -2.44. The number of nitrogens with zero attached hydrogens (tertiary/aromatic N) is 2. The van der Waals surface area contributed by atoms with Gasteiger partial charge in [0.15, 0.2) is 0 Å². The summed E-state index contributed by atoms with van der Waals surface area (Å²) in [6, 6.07) is 14.8. The minimum atomic E-state index is -0.490. The number of unbranched alkanes of at least 4 members (excludes halogenated alkanes) is 1. The zero-order valence-electron chi connectivity index (χ0n) is 17.2. The van der Waals surface area contributed by atoms with Crippen LogP contribution in [0.5, 0.6) is 5.75 Å². The summed E-state index contributed by atoms with van der Waals surface area (Å²) in [5.74, 6) is 0.615. The van der Waals surface area contributed by atoms with Crippen LogP contribution in [0.1, 0.15) is 42.6 Å². The highest BCUT2D eigenvalue weighted by atomic mass is 16.5. The predicted octanol–water partition coefficient (Wildman–Crippen LogP) is 4.25. The van der Waals surface area contributed by atoms with Crippen molar-refractivity contribution < 1.29 is 14.3 Å². The Balaban J connectivity index is 1.71. The van der Waals surface area contributed by atoms with Crippen molar-refractivity contribution in [2.45, 2.75) is 38.3 Å². The Morgan fingerprint density at radius 3 is 2.67 bits per heavy atom. The molecular weight excluding hydrogens is 378 g/mol. The molecule has 3 heterocycles. The van der Waals surface area contributed by atoms with Crippen LogP contribution in [0.2, 0.25) is 0 Å². The second kappa shape index (κ2) is 7.20. The van der Waals surface area contributed by atoms with Gasteiger partial charge in [0.1, 0.15) is 17.8 Å². The molecule has 3 amide bonds. The van der Waals surface area contributed by atoms with Crippen LogP contribution in [-0.4, -0.2) is 46.4 Å². The zero-order chi connectivity index (χ0) is 20.8. The predicted molar refractivity (Wildman–Crippen MR) is 114 cm³/mol. The molecule has 2 aliphatic rings. The summed E-state index contributed by atoms with van der Waals surface area (Å²) in [5.41, 5.74) is 3.99. The van der Waals surface area contributed by atoms with Gasteiger partial charge in [0.05, 0.1) is 7.11 Å². The summed E-state index contributed by atoms with van der Waals surface area (Å²) in [6.07, 6.45) is 2.27. The number of fused-ring (bicyclic) bond motifs is 4. The minimum absolute atomic E-state index is 0.0933. The van der Waals surface area contributed by atoms with E-state index in [1.165, 1.54) is 4.90 Å². The van der Waals surface area contributed by atoms with Gasteiger partial charge in [-0.25, -0.2) is 4.79 Å². The van der Waals surface area contributed by atoms with Gasteiger partial charge in [0, 0.05) is 35.1 Å². The van der Waals surface area contributed by atoms with Gasteiger partial charge in [-0.1, -0.05) is 49.7 Å². The lowest BCUT2D eigenvalue weighted by molar-refractivity contribution is -0.128. The Hall–Kier alpha value is -3.28. The number of ether oxygens (including phenoxy) is 1. The summed E-state index contributed by atoms with van der Waals surface area (Å²) in [6.45, 7) is 2.53. The van der Waals surface area contributed by atoms with Crippen LogP contribution < -0.4 is 4.74 Å². The van der Waals surface area contributed by atoms with E-state index in [-0.39, 0.29) is 11.9 Å². The summed E-state index contributed by atoms with van der Waals surface area (Å²) in [5, 5.41) is 1.11. The Labute approximate surface area is 175 Å². The van der Waals surface area contributed by atoms with Gasteiger partial charge in [-0.3, -0.25) is 14.6 Å². The number of carbonyl (C=O) groups is 2. The Morgan fingerprint density at radius 2 is 1.87 bits per heavy atom. The van der Waals surface area contributed by atoms with Gasteiger partial charge < -0.3 is 9.72 Å². The average Bonchev–Trinajstić information content (AvgIpc) is 3.26. The Kier molecular flexibility index (Phi) is 4.50. The fraction of sp³-hybridized carbons (Fsp3) is 0.333. The van der Waals surface area contributed by atoms with Crippen molar-refractivity contribution in [2.24, 2.45) is 0 Å². The van der Waals surface area contributed by atoms with E-state index in [1.807, 2.05) is 42.5 Å². The summed E-state index contributed by atoms with van der Waals surface area (Å²) < 4.78 is 5.64. The number of aromatic nitrogens is 1. The van der Waals surface area contributed by atoms with E-state index in [0.717, 1.165) is 40.6 Å². The second-order valence-electron chi connectivity index (χ2n) is 7.96. The minimum Gasteiger partial charge on any atom is -0.496 e. The van der Waals surface area contributed by atoms with E-state index in [1.54, 1.807) is 12.0 Å². The summed E-state index contributed by atoms with van der Waals surface area (Å²) in [4.78, 5) is 33.5. The summed E-state index contributed by atoms with van der Waals surface area (Å²) in [7, 11) is 1.63. The average molecular weight is 403 g/mol. The molecule has 6 heteroatoms. The third-order valence-corrected chi connectivity index (χ3v) is 6.30. The molecule has 1 fully saturated rings. The number of amides is 3. The van der Waals surface area contributed by atoms with E-state index in [4.69, 9.17) is 4.74 Å². The molecule has 0 unspecified atom stereocenters. The number of carbonyl (C=O) groups excluding carboxylic acids is 2. The van der Waals surface area contributed by atoms with E-state index in [0.29, 0.717) is 18.7 Å². The first kappa shape index (κ1) is 18.7. The van der Waals surface area contributed by atoms with Gasteiger partial charge in [0.25, 0.3) is 5.91 Å². The topological polar surface area (TPSA) is 65.6 Å². The molecule has 0 saturated carbocycles. The van der Waals surface area contributed by atoms with E-state index in [9.17, 15) is 9.59 Å². The zero-order valence-corrected chi connectivity index (χ0v) is 17.2. The lowest BCUT2D eigenvalue weighted by Gasteiger charge is -2.36. The molecule has 3 aromatic rings. The van der Waals surface area contributed by atoms with Crippen molar-refractivity contribution >= 4 is 22.8 Å². The number of aromatic amines is 1. The highest BCUT2D eigenvalue weighted by molar-refractivity contribution is 6.05. The standard InChI is InChI=1S/C24H25N3O3/c1-3-4-13-26-23(28)19-14-17-15-9-5-7-11-18(15)25-21(17)22(27(19)24(26)29)16-10-6-8-12-20(16)30-2/h5-12,19,22,25H,3-4,13-14H2,1-2H3/t19-,22-/m1/s1. The number of para-hydroxylation sites is 2. The van der Waals surface area contributed by atoms with Crippen molar-refractivity contribution in [3.63, 3.8) is 0 Å². The molecule has 0 aliphatic carbocycles. The monoisotopic (exact) mass is 403 g/mol. The fourth-order valence-corrected chi connectivity index (χ4v) is 4.87. The van der Waals surface area contributed by atoms with Crippen LogP contribution >= 0.6 is 0 Å². The Morgan fingerprint density at radius 1 is 1.10 bits per heavy atom. The van der Waals surface area contributed by atoms with Crippen LogP contribution in [0.15, 0.2) is 48.5 Å². The fourth-order valence-electron chi connectivity index (χ4n) is 4.87. The van der Waals surface area contributed by atoms with Crippen molar-refractivity contribution in [3.8, 4) is 5.75 Å². The first-order chi connectivity index (χ1) is 14.7. The highest BCUT2D eigenvalue weighted by Gasteiger charge is 2.52. The molecule has 1 N–H and O–H groups in total. The van der Waals surface area contributed by atoms with Crippen molar-refractivity contribution in [2.75, 3.05) is 13.7 Å². The van der Waals surface area contributed by atoms with Crippen LogP contribution in [0.25, 0.3) is 10.9 Å². The van der Waals surface area contributed by atoms with Crippen molar-refractivity contribution in [1.82, 2.24) is 14.8 Å². The number of hydrogen-bond acceptors (Lipinski definition) is 3. The quantitative estimate of drug-likeness (QED) is 0.648. The first-order valence-electron chi connectivity index (χ1n) is 10.5. The van der Waals surface area contributed by atoms with Gasteiger partial charge in [-0.2, -0.15) is 0 Å². The molecule has 1 saturated heterocycles. The molecule has 1 aromatic heterocycles. The molecular formula is C24H25N3O3. The van der Waals surface area contributed by atoms with Crippen molar-refractivity contribution in [3.05, 3.63) is 65.4 Å². The molecule has 0 bridgehead atoms. The van der Waals surface area contributed by atoms with Crippen LogP contribution in [0.3, 0.4) is 0 Å². The number of urea groups is 1. The number of imide groups is 1. The second-order valence-corrected chi connectivity index (χ2v) is 7.96. The van der Waals surface area contributed by atoms with Gasteiger partial charge in [-0.05, 0) is 24.1 Å². The number of benzene rings is 2. The van der Waals surface area contributed by atoms with E-state index >= 15 is 0 Å². The molecule has 154 valence electrons. The maximum Gasteiger partial charge on any atom is 0.328 e. The molecule has 2 aliphatic heterocycles. The van der Waals surface area contributed by atoms with Gasteiger partial charge in [-0.15, -0.1) is 0 Å².